The van der Waals surface area contributed by atoms with Crippen molar-refractivity contribution in [3.63, 3.8) is 0 Å². The molecule has 0 heterocycles. The maximum Gasteiger partial charge on any atom is 0.161 e. The molecule has 1 N–H and O–H groups in total. The molecule has 0 fully saturated rings. The van der Waals surface area contributed by atoms with Gasteiger partial charge >= 0.3 is 0 Å². The van der Waals surface area contributed by atoms with Gasteiger partial charge in [-0.3, -0.25) is 0 Å². The molecular weight excluding hydrogens is 242 g/mol. The fourth-order valence-electron chi connectivity index (χ4n) is 1.79. The highest BCUT2D eigenvalue weighted by molar-refractivity contribution is 5.43. The van der Waals surface area contributed by atoms with Crippen LogP contribution in [0, 0.1) is 0 Å². The second kappa shape index (κ2) is 8.77. The van der Waals surface area contributed by atoms with Crippen LogP contribution in [0.4, 0.5) is 0 Å². The molecule has 0 saturated carbocycles. The van der Waals surface area contributed by atoms with E-state index in [1.165, 1.54) is 5.56 Å². The Balaban J connectivity index is 2.74. The summed E-state index contributed by atoms with van der Waals surface area (Å²) in [6, 6.07) is 6.05. The van der Waals surface area contributed by atoms with E-state index in [2.05, 4.69) is 11.4 Å². The summed E-state index contributed by atoms with van der Waals surface area (Å²) in [5.74, 6) is 1.60. The van der Waals surface area contributed by atoms with E-state index in [1.54, 1.807) is 7.11 Å². The van der Waals surface area contributed by atoms with Crippen LogP contribution in [0.15, 0.2) is 18.2 Å². The molecule has 1 atom stereocenters. The molecule has 19 heavy (non-hydrogen) atoms. The minimum atomic E-state index is 0.106. The summed E-state index contributed by atoms with van der Waals surface area (Å²) in [6.45, 7) is 6.16. The zero-order valence-corrected chi connectivity index (χ0v) is 12.4. The summed E-state index contributed by atoms with van der Waals surface area (Å²) in [6.07, 6.45) is 0.967. The molecule has 108 valence electrons. The van der Waals surface area contributed by atoms with Gasteiger partial charge in [0, 0.05) is 26.7 Å². The first-order chi connectivity index (χ1) is 9.21. The Labute approximate surface area is 116 Å². The highest BCUT2D eigenvalue weighted by Gasteiger charge is 2.10. The van der Waals surface area contributed by atoms with Gasteiger partial charge in [0.2, 0.25) is 0 Å². The molecule has 0 aromatic heterocycles. The number of hydrogen-bond acceptors (Lipinski definition) is 4. The smallest absolute Gasteiger partial charge is 0.161 e. The van der Waals surface area contributed by atoms with Crippen molar-refractivity contribution in [2.75, 3.05) is 27.4 Å². The first kappa shape index (κ1) is 15.8. The molecule has 0 aliphatic carbocycles. The van der Waals surface area contributed by atoms with Crippen molar-refractivity contribution in [1.29, 1.82) is 0 Å². The summed E-state index contributed by atoms with van der Waals surface area (Å²) in [4.78, 5) is 0. The van der Waals surface area contributed by atoms with Crippen molar-refractivity contribution in [3.05, 3.63) is 23.8 Å². The van der Waals surface area contributed by atoms with Crippen LogP contribution in [-0.4, -0.2) is 33.5 Å². The molecule has 0 aliphatic heterocycles. The van der Waals surface area contributed by atoms with Crippen LogP contribution in [0.2, 0.25) is 0 Å². The molecule has 0 saturated heterocycles. The van der Waals surface area contributed by atoms with Gasteiger partial charge in [-0.05, 0) is 38.6 Å². The molecule has 4 nitrogen and oxygen atoms in total. The Morgan fingerprint density at radius 1 is 1.26 bits per heavy atom. The monoisotopic (exact) mass is 267 g/mol. The number of ether oxygens (including phenoxy) is 3. The maximum absolute atomic E-state index is 5.91. The third kappa shape index (κ3) is 5.49. The maximum atomic E-state index is 5.91. The average molecular weight is 267 g/mol. The van der Waals surface area contributed by atoms with Gasteiger partial charge in [0.25, 0.3) is 0 Å². The molecule has 1 rings (SSSR count). The normalized spacial score (nSPS) is 12.2. The first-order valence-corrected chi connectivity index (χ1v) is 6.77. The average Bonchev–Trinajstić information content (AvgIpc) is 2.40. The van der Waals surface area contributed by atoms with E-state index in [-0.39, 0.29) is 6.10 Å². The second-order valence-electron chi connectivity index (χ2n) is 4.45. The van der Waals surface area contributed by atoms with Crippen molar-refractivity contribution in [1.82, 2.24) is 5.32 Å². The minimum Gasteiger partial charge on any atom is -0.490 e. The van der Waals surface area contributed by atoms with Crippen LogP contribution in [0.25, 0.3) is 0 Å². The van der Waals surface area contributed by atoms with E-state index in [0.717, 1.165) is 24.5 Å². The molecule has 1 aromatic carbocycles. The van der Waals surface area contributed by atoms with Crippen molar-refractivity contribution in [3.8, 4) is 11.5 Å². The third-order valence-corrected chi connectivity index (χ3v) is 2.75. The lowest BCUT2D eigenvalue weighted by Crippen LogP contribution is -2.15. The Kier molecular flexibility index (Phi) is 7.30. The fourth-order valence-corrected chi connectivity index (χ4v) is 1.79. The third-order valence-electron chi connectivity index (χ3n) is 2.75. The Hall–Kier alpha value is -1.26. The van der Waals surface area contributed by atoms with Crippen molar-refractivity contribution < 1.29 is 14.2 Å². The van der Waals surface area contributed by atoms with Crippen LogP contribution in [0.3, 0.4) is 0 Å². The van der Waals surface area contributed by atoms with Gasteiger partial charge in [0.05, 0.1) is 12.7 Å². The zero-order valence-electron chi connectivity index (χ0n) is 12.4. The molecular formula is C15H25NO3. The molecule has 0 spiro atoms. The molecule has 1 aromatic rings. The van der Waals surface area contributed by atoms with Gasteiger partial charge in [-0.2, -0.15) is 0 Å². The summed E-state index contributed by atoms with van der Waals surface area (Å²) < 4.78 is 16.6. The first-order valence-electron chi connectivity index (χ1n) is 6.77. The summed E-state index contributed by atoms with van der Waals surface area (Å²) in [5.41, 5.74) is 1.18. The molecule has 0 radical (unpaired) electrons. The summed E-state index contributed by atoms with van der Waals surface area (Å²) >= 11 is 0. The highest BCUT2D eigenvalue weighted by Crippen LogP contribution is 2.29. The van der Waals surface area contributed by atoms with Crippen molar-refractivity contribution >= 4 is 0 Å². The van der Waals surface area contributed by atoms with Crippen LogP contribution < -0.4 is 14.8 Å². The predicted octanol–water partition coefficient (Wildman–Crippen LogP) is 2.61. The number of benzene rings is 1. The number of rotatable bonds is 9. The van der Waals surface area contributed by atoms with E-state index in [4.69, 9.17) is 14.2 Å². The fraction of sp³-hybridized carbons (Fsp3) is 0.600. The van der Waals surface area contributed by atoms with Gasteiger partial charge in [-0.25, -0.2) is 0 Å². The summed E-state index contributed by atoms with van der Waals surface area (Å²) in [7, 11) is 3.63. The quantitative estimate of drug-likeness (QED) is 0.746. The standard InChI is InChI=1S/C15H25NO3/c1-5-18-15-10-13(11-16-3)6-7-14(15)19-12(2)8-9-17-4/h6-7,10,12,16H,5,8-9,11H2,1-4H3. The van der Waals surface area contributed by atoms with E-state index in [1.807, 2.05) is 33.0 Å². The van der Waals surface area contributed by atoms with Crippen LogP contribution in [0.5, 0.6) is 11.5 Å². The zero-order chi connectivity index (χ0) is 14.1. The molecule has 0 amide bonds. The van der Waals surface area contributed by atoms with Crippen LogP contribution >= 0.6 is 0 Å². The van der Waals surface area contributed by atoms with Crippen molar-refractivity contribution in [2.45, 2.75) is 32.9 Å². The van der Waals surface area contributed by atoms with Gasteiger partial charge in [0.15, 0.2) is 11.5 Å². The number of methoxy groups -OCH3 is 1. The molecule has 0 aliphatic rings. The SMILES string of the molecule is CCOc1cc(CNC)ccc1OC(C)CCOC. The molecule has 0 bridgehead atoms. The van der Waals surface area contributed by atoms with E-state index >= 15 is 0 Å². The van der Waals surface area contributed by atoms with Crippen molar-refractivity contribution in [2.24, 2.45) is 0 Å². The molecule has 4 heteroatoms. The Bertz CT molecular complexity index is 368. The number of nitrogens with one attached hydrogen (secondary N) is 1. The van der Waals surface area contributed by atoms with Crippen LogP contribution in [-0.2, 0) is 11.3 Å². The van der Waals surface area contributed by atoms with Crippen LogP contribution in [0.1, 0.15) is 25.8 Å². The lowest BCUT2D eigenvalue weighted by Gasteiger charge is -2.18. The summed E-state index contributed by atoms with van der Waals surface area (Å²) in [5, 5.41) is 3.13. The second-order valence-corrected chi connectivity index (χ2v) is 4.45. The Morgan fingerprint density at radius 3 is 2.68 bits per heavy atom. The lowest BCUT2D eigenvalue weighted by molar-refractivity contribution is 0.132. The number of hydrogen-bond donors (Lipinski definition) is 1. The molecule has 1 unspecified atom stereocenters. The predicted molar refractivity (Wildman–Crippen MR) is 77.0 cm³/mol. The topological polar surface area (TPSA) is 39.7 Å². The van der Waals surface area contributed by atoms with E-state index < -0.39 is 0 Å². The van der Waals surface area contributed by atoms with E-state index in [0.29, 0.717) is 13.2 Å². The Morgan fingerprint density at radius 2 is 2.05 bits per heavy atom. The van der Waals surface area contributed by atoms with Gasteiger partial charge in [0.1, 0.15) is 0 Å². The van der Waals surface area contributed by atoms with Gasteiger partial charge in [-0.1, -0.05) is 6.07 Å². The highest BCUT2D eigenvalue weighted by atomic mass is 16.5. The minimum absolute atomic E-state index is 0.106. The largest absolute Gasteiger partial charge is 0.490 e. The van der Waals surface area contributed by atoms with Gasteiger partial charge in [-0.15, -0.1) is 0 Å². The van der Waals surface area contributed by atoms with E-state index in [9.17, 15) is 0 Å². The van der Waals surface area contributed by atoms with Gasteiger partial charge < -0.3 is 19.5 Å². The lowest BCUT2D eigenvalue weighted by atomic mass is 10.2.